The van der Waals surface area contributed by atoms with Gasteiger partial charge in [0.15, 0.2) is 10.1 Å². The van der Waals surface area contributed by atoms with E-state index in [0.29, 0.717) is 38.3 Å². The second kappa shape index (κ2) is 10.9. The quantitative estimate of drug-likeness (QED) is 0.0808. The predicted octanol–water partition coefficient (Wildman–Crippen LogP) is 6.11. The molecule has 0 saturated carbocycles. The Morgan fingerprint density at radius 3 is 2.56 bits per heavy atom. The maximum absolute atomic E-state index is 14.1. The van der Waals surface area contributed by atoms with Crippen molar-refractivity contribution in [2.24, 2.45) is 0 Å². The van der Waals surface area contributed by atoms with Crippen LogP contribution in [0.3, 0.4) is 0 Å². The molecule has 0 spiro atoms. The number of hydrogen-bond acceptors (Lipinski definition) is 8. The number of imidazole rings is 1. The molecule has 41 heavy (non-hydrogen) atoms. The average Bonchev–Trinajstić information content (AvgIpc) is 3.66. The number of aliphatic hydroxyl groups excluding tert-OH is 1. The number of aryl methyl sites for hydroxylation is 2. The Bertz CT molecular complexity index is 1830. The van der Waals surface area contributed by atoms with Crippen LogP contribution in [0.5, 0.6) is 0 Å². The van der Waals surface area contributed by atoms with Gasteiger partial charge < -0.3 is 5.11 Å². The molecule has 206 valence electrons. The van der Waals surface area contributed by atoms with Gasteiger partial charge >= 0.3 is 5.91 Å². The molecule has 11 heteroatoms. The van der Waals surface area contributed by atoms with E-state index in [-0.39, 0.29) is 22.3 Å². The first-order valence-electron chi connectivity index (χ1n) is 12.9. The summed E-state index contributed by atoms with van der Waals surface area (Å²) in [5.74, 6) is -1.94. The number of halogens is 1. The number of anilines is 1. The summed E-state index contributed by atoms with van der Waals surface area (Å²) in [6.45, 7) is 3.78. The van der Waals surface area contributed by atoms with Crippen LogP contribution >= 0.6 is 23.1 Å². The first-order chi connectivity index (χ1) is 19.9. The van der Waals surface area contributed by atoms with E-state index in [1.807, 2.05) is 37.3 Å². The largest absolute Gasteiger partial charge is 0.505 e. The molecule has 1 unspecified atom stereocenters. The van der Waals surface area contributed by atoms with Crippen molar-refractivity contribution in [3.8, 4) is 0 Å². The zero-order chi connectivity index (χ0) is 28.7. The molecule has 1 aliphatic heterocycles. The number of rotatable bonds is 7. The molecule has 1 aliphatic rings. The fourth-order valence-corrected chi connectivity index (χ4v) is 6.77. The van der Waals surface area contributed by atoms with Crippen LogP contribution in [0.4, 0.5) is 9.52 Å². The maximum atomic E-state index is 14.1. The van der Waals surface area contributed by atoms with Crippen molar-refractivity contribution in [2.75, 3.05) is 4.90 Å². The van der Waals surface area contributed by atoms with Crippen molar-refractivity contribution in [3.05, 3.63) is 112 Å². The summed E-state index contributed by atoms with van der Waals surface area (Å²) in [5, 5.41) is 20.3. The highest BCUT2D eigenvalue weighted by Crippen LogP contribution is 2.44. The average molecular weight is 586 g/mol. The molecule has 5 aromatic rings. The van der Waals surface area contributed by atoms with Crippen LogP contribution in [0, 0.1) is 12.7 Å². The molecule has 4 heterocycles. The molecular formula is C30H24FN5O3S2. The van der Waals surface area contributed by atoms with Crippen molar-refractivity contribution in [2.45, 2.75) is 36.4 Å². The van der Waals surface area contributed by atoms with Crippen molar-refractivity contribution in [1.29, 1.82) is 0 Å². The van der Waals surface area contributed by atoms with Gasteiger partial charge in [-0.3, -0.25) is 18.9 Å². The Balaban J connectivity index is 1.44. The molecule has 0 radical (unpaired) electrons. The summed E-state index contributed by atoms with van der Waals surface area (Å²) in [4.78, 5) is 33.0. The number of benzene rings is 2. The van der Waals surface area contributed by atoms with Gasteiger partial charge in [-0.1, -0.05) is 78.6 Å². The molecule has 1 amide bonds. The summed E-state index contributed by atoms with van der Waals surface area (Å²) in [6, 6.07) is 18.6. The monoisotopic (exact) mass is 585 g/mol. The lowest BCUT2D eigenvalue weighted by molar-refractivity contribution is -0.132. The molecule has 6 rings (SSSR count). The van der Waals surface area contributed by atoms with Crippen LogP contribution in [0.25, 0.3) is 11.4 Å². The molecular weight excluding hydrogens is 561 g/mol. The third kappa shape index (κ3) is 4.81. The summed E-state index contributed by atoms with van der Waals surface area (Å²) < 4.78 is 16.3. The highest BCUT2D eigenvalue weighted by atomic mass is 32.2. The molecule has 1 atom stereocenters. The summed E-state index contributed by atoms with van der Waals surface area (Å²) >= 11 is 2.42. The summed E-state index contributed by atoms with van der Waals surface area (Å²) in [6.07, 6.45) is 2.57. The van der Waals surface area contributed by atoms with Gasteiger partial charge in [0, 0.05) is 11.9 Å². The van der Waals surface area contributed by atoms with Gasteiger partial charge in [-0.25, -0.2) is 9.37 Å². The minimum Gasteiger partial charge on any atom is -0.505 e. The fourth-order valence-electron chi connectivity index (χ4n) is 4.92. The van der Waals surface area contributed by atoms with Gasteiger partial charge in [-0.2, -0.15) is 0 Å². The van der Waals surface area contributed by atoms with Crippen LogP contribution in [0.1, 0.15) is 41.0 Å². The van der Waals surface area contributed by atoms with Gasteiger partial charge in [-0.05, 0) is 48.2 Å². The van der Waals surface area contributed by atoms with Crippen molar-refractivity contribution < 1.29 is 19.1 Å². The fraction of sp³-hybridized carbons (Fsp3) is 0.167. The number of thioether (sulfide) groups is 1. The van der Waals surface area contributed by atoms with Crippen LogP contribution < -0.4 is 4.90 Å². The van der Waals surface area contributed by atoms with Crippen LogP contribution in [0.15, 0.2) is 82.8 Å². The normalized spacial score (nSPS) is 16.7. The van der Waals surface area contributed by atoms with E-state index in [4.69, 9.17) is 0 Å². The number of amides is 1. The van der Waals surface area contributed by atoms with E-state index in [0.717, 1.165) is 23.3 Å². The number of carbonyl (C=O) groups excluding carboxylic acids is 2. The summed E-state index contributed by atoms with van der Waals surface area (Å²) in [5.41, 5.74) is 3.66. The van der Waals surface area contributed by atoms with Gasteiger partial charge in [0.25, 0.3) is 5.78 Å². The smallest absolute Gasteiger partial charge is 0.301 e. The zero-order valence-electron chi connectivity index (χ0n) is 22.1. The van der Waals surface area contributed by atoms with Crippen LogP contribution in [-0.4, -0.2) is 36.4 Å². The van der Waals surface area contributed by atoms with E-state index >= 15 is 0 Å². The third-order valence-electron chi connectivity index (χ3n) is 6.99. The first kappa shape index (κ1) is 26.9. The van der Waals surface area contributed by atoms with Gasteiger partial charge in [0.2, 0.25) is 5.13 Å². The highest BCUT2D eigenvalue weighted by Gasteiger charge is 2.48. The zero-order valence-corrected chi connectivity index (χ0v) is 23.7. The Hall–Kier alpha value is -4.35. The second-order valence-corrected chi connectivity index (χ2v) is 11.6. The summed E-state index contributed by atoms with van der Waals surface area (Å²) in [7, 11) is 0. The molecule has 2 aromatic carbocycles. The number of Topliss-reactive ketones (excluding diaryl/α,β-unsaturated/α-hetero) is 1. The Labute approximate surface area is 243 Å². The number of nitrogens with zero attached hydrogens (tertiary/aromatic N) is 5. The Kier molecular flexibility index (Phi) is 7.14. The number of aromatic nitrogens is 4. The number of carbonyl (C=O) groups is 2. The van der Waals surface area contributed by atoms with E-state index in [2.05, 4.69) is 15.2 Å². The molecule has 0 bridgehead atoms. The maximum Gasteiger partial charge on any atom is 0.301 e. The lowest BCUT2D eigenvalue weighted by atomic mass is 9.95. The predicted molar refractivity (Wildman–Crippen MR) is 156 cm³/mol. The van der Waals surface area contributed by atoms with Crippen LogP contribution in [-0.2, 0) is 21.8 Å². The van der Waals surface area contributed by atoms with Crippen molar-refractivity contribution >= 4 is 51.3 Å². The van der Waals surface area contributed by atoms with Gasteiger partial charge in [0.1, 0.15) is 17.2 Å². The standard InChI is InChI=1S/C30H24FN5O3S2/c1-3-18-11-13-19(14-12-18)25-23(26(37)24-17(2)32-22-10-6-7-15-35(22)24)27(38)28(39)36(25)29-33-34-30(41-29)40-16-20-8-4-5-9-21(20)31/h4-15,25,37H,3,16H2,1-2H3/b26-23+. The number of hydrogen-bond donors (Lipinski definition) is 1. The minimum atomic E-state index is -0.938. The van der Waals surface area contributed by atoms with Crippen LogP contribution in [0.2, 0.25) is 0 Å². The molecule has 8 nitrogen and oxygen atoms in total. The third-order valence-corrected chi connectivity index (χ3v) is 9.09. The van der Waals surface area contributed by atoms with Gasteiger partial charge in [0.05, 0.1) is 17.3 Å². The topological polar surface area (TPSA) is 101 Å². The second-order valence-electron chi connectivity index (χ2n) is 9.47. The van der Waals surface area contributed by atoms with Crippen molar-refractivity contribution in [1.82, 2.24) is 19.6 Å². The molecule has 1 N–H and O–H groups in total. The first-order valence-corrected chi connectivity index (χ1v) is 14.7. The van der Waals surface area contributed by atoms with E-state index in [1.165, 1.54) is 22.7 Å². The number of ketones is 1. The van der Waals surface area contributed by atoms with Crippen molar-refractivity contribution in [3.63, 3.8) is 0 Å². The number of pyridine rings is 1. The molecule has 1 fully saturated rings. The lowest BCUT2D eigenvalue weighted by Crippen LogP contribution is -2.29. The van der Waals surface area contributed by atoms with E-state index in [9.17, 15) is 19.1 Å². The molecule has 1 saturated heterocycles. The Morgan fingerprint density at radius 2 is 1.80 bits per heavy atom. The Morgan fingerprint density at radius 1 is 1.05 bits per heavy atom. The lowest BCUT2D eigenvalue weighted by Gasteiger charge is -2.22. The SMILES string of the molecule is CCc1ccc(C2/C(=C(\O)c3c(C)nc4ccccn34)C(=O)C(=O)N2c2nnc(SCc3ccccc3F)s2)cc1. The van der Waals surface area contributed by atoms with E-state index in [1.54, 1.807) is 47.9 Å². The van der Waals surface area contributed by atoms with Gasteiger partial charge in [-0.15, -0.1) is 10.2 Å². The number of fused-ring (bicyclic) bond motifs is 1. The highest BCUT2D eigenvalue weighted by molar-refractivity contribution is 8.00. The molecule has 0 aliphatic carbocycles. The van der Waals surface area contributed by atoms with E-state index < -0.39 is 17.7 Å². The molecule has 3 aromatic heterocycles. The minimum absolute atomic E-state index is 0.0521. The number of aliphatic hydroxyl groups is 1.